The van der Waals surface area contributed by atoms with E-state index in [9.17, 15) is 139 Å². The van der Waals surface area contributed by atoms with Gasteiger partial charge < -0.3 is 122 Å². The molecule has 70 heavy (non-hydrogen) atoms. The maximum Gasteiger partial charge on any atom is 0.470 e. The molecule has 3 fully saturated rings. The van der Waals surface area contributed by atoms with Gasteiger partial charge in [-0.25, -0.2) is 41.1 Å². The monoisotopic (exact) mass is 1220 g/mol. The molecular formula is C18H41O43P9. The van der Waals surface area contributed by atoms with Crippen LogP contribution in [0.15, 0.2) is 0 Å². The predicted molar refractivity (Wildman–Crippen MR) is 199 cm³/mol. The van der Waals surface area contributed by atoms with Crippen molar-refractivity contribution in [2.75, 3.05) is 19.8 Å². The second-order valence-corrected chi connectivity index (χ2v) is 24.4. The SMILES string of the molecule is O=P(O)(O)OC[C@H]1O[C@H](O[C@H]2[C@H](OP(=O)(O)O)[C@@H](OP(=O)(O)O)C(O)O[C@@H]2COP(=O)(O)O)[C@H](OP(=O)(O)O)[C@@H](O)[C@@H]1O[C@H]1O[C@H](COP(=O)(O)O)[C@@H](OP(=O)(O)O)[C@H](OP(=O)(O)O)[C@H]1OP(=O)(O)O. The summed E-state index contributed by atoms with van der Waals surface area (Å²) >= 11 is 0. The molecule has 0 amide bonds. The Bertz CT molecular complexity index is 2190. The summed E-state index contributed by atoms with van der Waals surface area (Å²) in [5, 5.41) is 22.2. The highest BCUT2D eigenvalue weighted by Gasteiger charge is 2.60. The molecule has 0 aliphatic carbocycles. The molecule has 43 nitrogen and oxygen atoms in total. The van der Waals surface area contributed by atoms with Crippen molar-refractivity contribution >= 4 is 70.4 Å². The van der Waals surface area contributed by atoms with E-state index in [1.54, 1.807) is 0 Å². The lowest BCUT2D eigenvalue weighted by atomic mass is 9.96. The van der Waals surface area contributed by atoms with Crippen molar-refractivity contribution in [3.8, 4) is 0 Å². The van der Waals surface area contributed by atoms with Crippen molar-refractivity contribution in [1.82, 2.24) is 0 Å². The maximum absolute atomic E-state index is 12.3. The van der Waals surface area contributed by atoms with Gasteiger partial charge in [-0.2, -0.15) is 0 Å². The van der Waals surface area contributed by atoms with Gasteiger partial charge in [0.1, 0.15) is 73.2 Å². The standard InChI is InChI=1S/C18H41O43P9/c19-7-8(54-18-15(61-70(45,46)47)13(59-68(39,40)41)10(56-65(30,31)32)6(53-18)3-50-64(27,28)29)4(1-48-62(21,22)23)52-17(11(7)57-66(33,34)35)55-9-5(2-49-63(24,25)26)51-16(20)14(60-69(42,43)44)12(9)58-67(36,37)38/h4-20H,1-3H2,(H2,21,22,23)(H2,24,25,26)(H2,27,28,29)(H2,30,31,32)(H2,33,34,35)(H2,36,37,38)(H2,39,40,41)(H2,42,43,44)(H2,45,46,47)/t4-,5-,6-,7+,8-,9-,10-,11-,12+,13+,14-,15-,16?,17-,18-/m1/s1. The molecule has 3 heterocycles. The molecule has 1 unspecified atom stereocenters. The zero-order valence-electron chi connectivity index (χ0n) is 33.1. The fourth-order valence-electron chi connectivity index (χ4n) is 6.10. The summed E-state index contributed by atoms with van der Waals surface area (Å²) in [6, 6.07) is 0. The van der Waals surface area contributed by atoms with Crippen LogP contribution in [-0.4, -0.2) is 210 Å². The van der Waals surface area contributed by atoms with E-state index in [4.69, 9.17) is 23.7 Å². The molecule has 3 rings (SSSR count). The molecule has 0 aromatic heterocycles. The fourth-order valence-corrected chi connectivity index (χ4v) is 10.4. The molecule has 52 heteroatoms. The van der Waals surface area contributed by atoms with E-state index in [2.05, 4.69) is 40.7 Å². The van der Waals surface area contributed by atoms with Crippen LogP contribution in [-0.2, 0) is 105 Å². The molecule has 0 aromatic carbocycles. The van der Waals surface area contributed by atoms with E-state index >= 15 is 0 Å². The van der Waals surface area contributed by atoms with E-state index in [0.29, 0.717) is 0 Å². The zero-order valence-corrected chi connectivity index (χ0v) is 41.2. The minimum atomic E-state index is -6.25. The number of aliphatic hydroxyl groups excluding tert-OH is 2. The molecule has 20 N–H and O–H groups in total. The van der Waals surface area contributed by atoms with E-state index in [-0.39, 0.29) is 0 Å². The number of hydrogen-bond donors (Lipinski definition) is 20. The van der Waals surface area contributed by atoms with Crippen LogP contribution < -0.4 is 0 Å². The first-order chi connectivity index (χ1) is 31.1. The normalized spacial score (nSPS) is 33.9. The van der Waals surface area contributed by atoms with Gasteiger partial charge in [0.15, 0.2) is 18.9 Å². The van der Waals surface area contributed by atoms with Crippen molar-refractivity contribution in [1.29, 1.82) is 0 Å². The Kier molecular flexibility index (Phi) is 22.4. The number of aliphatic hydroxyl groups is 2. The maximum atomic E-state index is 12.3. The molecule has 15 atom stereocenters. The smallest absolute Gasteiger partial charge is 0.387 e. The molecule has 0 spiro atoms. The van der Waals surface area contributed by atoms with Crippen LogP contribution in [0.2, 0.25) is 0 Å². The van der Waals surface area contributed by atoms with Gasteiger partial charge in [0.25, 0.3) is 0 Å². The summed E-state index contributed by atoms with van der Waals surface area (Å²) in [7, 11) is -54.3. The number of hydrogen-bond acceptors (Lipinski definition) is 25. The first-order valence-corrected chi connectivity index (χ1v) is 31.0. The van der Waals surface area contributed by atoms with Gasteiger partial charge in [-0.05, 0) is 0 Å². The molecule has 0 bridgehead atoms. The topological polar surface area (TPSA) is 687 Å². The third-order valence-corrected chi connectivity index (χ3v) is 12.7. The largest absolute Gasteiger partial charge is 0.470 e. The summed E-state index contributed by atoms with van der Waals surface area (Å²) in [6.07, 6.45) is -44.5. The average Bonchev–Trinajstić information content (AvgIpc) is 3.09. The zero-order chi connectivity index (χ0) is 54.2. The van der Waals surface area contributed by atoms with Gasteiger partial charge in [-0.1, -0.05) is 0 Å². The lowest BCUT2D eigenvalue weighted by Crippen LogP contribution is -2.67. The first-order valence-electron chi connectivity index (χ1n) is 17.3. The quantitative estimate of drug-likeness (QED) is 0.0378. The van der Waals surface area contributed by atoms with E-state index in [0.717, 1.165) is 0 Å². The van der Waals surface area contributed by atoms with Crippen LogP contribution in [0.4, 0.5) is 0 Å². The molecule has 416 valence electrons. The molecule has 3 aliphatic heterocycles. The van der Waals surface area contributed by atoms with Crippen LogP contribution in [0.5, 0.6) is 0 Å². The summed E-state index contributed by atoms with van der Waals surface area (Å²) in [5.74, 6) is 0. The Morgan fingerprint density at radius 2 is 0.571 bits per heavy atom. The molecule has 3 aliphatic rings. The van der Waals surface area contributed by atoms with Crippen LogP contribution in [0.25, 0.3) is 0 Å². The van der Waals surface area contributed by atoms with Gasteiger partial charge in [0.05, 0.1) is 19.8 Å². The van der Waals surface area contributed by atoms with E-state index in [1.807, 2.05) is 0 Å². The fraction of sp³-hybridized carbons (Fsp3) is 1.00. The second kappa shape index (κ2) is 24.2. The highest BCUT2D eigenvalue weighted by Crippen LogP contribution is 2.53. The van der Waals surface area contributed by atoms with Crippen molar-refractivity contribution in [3.63, 3.8) is 0 Å². The Hall–Kier alpha value is 0.710. The van der Waals surface area contributed by atoms with Crippen molar-refractivity contribution < 1.29 is 204 Å². The summed E-state index contributed by atoms with van der Waals surface area (Å²) in [4.78, 5) is 172. The minimum absolute atomic E-state index is 1.66. The first kappa shape index (κ1) is 65.0. The summed E-state index contributed by atoms with van der Waals surface area (Å²) in [6.45, 7) is -5.25. The Morgan fingerprint density at radius 3 is 0.943 bits per heavy atom. The number of phosphoric ester groups is 9. The third-order valence-electron chi connectivity index (χ3n) is 8.17. The number of rotatable bonds is 25. The van der Waals surface area contributed by atoms with Crippen molar-refractivity contribution in [3.05, 3.63) is 0 Å². The summed E-state index contributed by atoms with van der Waals surface area (Å²) in [5.41, 5.74) is 0. The predicted octanol–water partition coefficient (Wildman–Crippen LogP) is -6.52. The lowest BCUT2D eigenvalue weighted by Gasteiger charge is -2.50. The lowest BCUT2D eigenvalue weighted by molar-refractivity contribution is -0.372. The average molecular weight is 1220 g/mol. The van der Waals surface area contributed by atoms with Crippen LogP contribution in [0, 0.1) is 0 Å². The van der Waals surface area contributed by atoms with Gasteiger partial charge in [-0.3, -0.25) is 40.7 Å². The highest BCUT2D eigenvalue weighted by molar-refractivity contribution is 7.48. The van der Waals surface area contributed by atoms with Crippen molar-refractivity contribution in [2.24, 2.45) is 0 Å². The molecular weight excluding hydrogens is 1180 g/mol. The van der Waals surface area contributed by atoms with Gasteiger partial charge in [0.2, 0.25) is 0 Å². The van der Waals surface area contributed by atoms with Gasteiger partial charge >= 0.3 is 70.4 Å². The molecule has 3 saturated heterocycles. The summed E-state index contributed by atoms with van der Waals surface area (Å²) < 4.78 is 173. The third kappa shape index (κ3) is 23.1. The minimum Gasteiger partial charge on any atom is -0.387 e. The van der Waals surface area contributed by atoms with E-state index in [1.165, 1.54) is 0 Å². The Balaban J connectivity index is 2.33. The number of ether oxygens (including phenoxy) is 5. The van der Waals surface area contributed by atoms with Crippen LogP contribution >= 0.6 is 70.4 Å². The Morgan fingerprint density at radius 1 is 0.300 bits per heavy atom. The Labute approximate surface area is 385 Å². The molecule has 0 radical (unpaired) electrons. The van der Waals surface area contributed by atoms with Gasteiger partial charge in [-0.15, -0.1) is 0 Å². The molecule has 0 aromatic rings. The van der Waals surface area contributed by atoms with Gasteiger partial charge in [0, 0.05) is 0 Å². The molecule has 0 saturated carbocycles. The van der Waals surface area contributed by atoms with Crippen molar-refractivity contribution in [2.45, 2.75) is 92.1 Å². The second-order valence-electron chi connectivity index (χ2n) is 13.6. The highest BCUT2D eigenvalue weighted by atomic mass is 31.2. The number of phosphoric acid groups is 9. The van der Waals surface area contributed by atoms with Crippen LogP contribution in [0.1, 0.15) is 0 Å². The van der Waals surface area contributed by atoms with E-state index < -0.39 is 182 Å². The van der Waals surface area contributed by atoms with Crippen LogP contribution in [0.3, 0.4) is 0 Å².